The molecule has 4 heteroatoms. The summed E-state index contributed by atoms with van der Waals surface area (Å²) in [5.74, 6) is -0.175. The third-order valence-electron chi connectivity index (χ3n) is 1.22. The molecule has 3 nitrogen and oxygen atoms in total. The molecule has 0 aliphatic carbocycles. The van der Waals surface area contributed by atoms with Gasteiger partial charge in [-0.1, -0.05) is 11.6 Å². The van der Waals surface area contributed by atoms with Gasteiger partial charge in [-0.25, -0.2) is 0 Å². The molecular formula is C7H5ClN2O. The van der Waals surface area contributed by atoms with Crippen LogP contribution in [0.25, 0.3) is 0 Å². The fourth-order valence-electron chi connectivity index (χ4n) is 0.685. The van der Waals surface area contributed by atoms with E-state index in [2.05, 4.69) is 0 Å². The van der Waals surface area contributed by atoms with Gasteiger partial charge in [0, 0.05) is 0 Å². The summed E-state index contributed by atoms with van der Waals surface area (Å²) in [5, 5.41) is 17.6. The number of benzene rings is 1. The molecule has 0 aliphatic heterocycles. The van der Waals surface area contributed by atoms with Gasteiger partial charge in [-0.15, -0.1) is 0 Å². The number of hydrogen-bond donors (Lipinski definition) is 2. The average molecular weight is 169 g/mol. The molecule has 0 bridgehead atoms. The summed E-state index contributed by atoms with van der Waals surface area (Å²) < 4.78 is 0. The molecule has 1 rings (SSSR count). The van der Waals surface area contributed by atoms with Crippen molar-refractivity contribution in [1.82, 2.24) is 0 Å². The minimum atomic E-state index is -0.175. The standard InChI is InChI=1S/C7H5ClN2O/c8-5-1-4(3-9)2-6(10)7(5)11/h1-2,11H,10H2. The lowest BCUT2D eigenvalue weighted by molar-refractivity contribution is 0.478. The van der Waals surface area contributed by atoms with E-state index >= 15 is 0 Å². The maximum absolute atomic E-state index is 9.06. The largest absolute Gasteiger partial charge is 0.504 e. The fourth-order valence-corrected chi connectivity index (χ4v) is 0.912. The molecule has 0 radical (unpaired) electrons. The van der Waals surface area contributed by atoms with E-state index in [1.807, 2.05) is 6.07 Å². The number of phenols is 1. The van der Waals surface area contributed by atoms with Crippen molar-refractivity contribution in [3.05, 3.63) is 22.7 Å². The first-order valence-corrected chi connectivity index (χ1v) is 3.21. The molecule has 0 saturated heterocycles. The third-order valence-corrected chi connectivity index (χ3v) is 1.51. The molecular weight excluding hydrogens is 164 g/mol. The SMILES string of the molecule is N#Cc1cc(N)c(O)c(Cl)c1. The highest BCUT2D eigenvalue weighted by molar-refractivity contribution is 6.32. The van der Waals surface area contributed by atoms with Crippen LogP contribution in [0.4, 0.5) is 5.69 Å². The van der Waals surface area contributed by atoms with E-state index in [4.69, 9.17) is 27.7 Å². The molecule has 1 aromatic rings. The summed E-state index contributed by atoms with van der Waals surface area (Å²) in [4.78, 5) is 0. The van der Waals surface area contributed by atoms with Crippen molar-refractivity contribution < 1.29 is 5.11 Å². The second-order valence-corrected chi connectivity index (χ2v) is 2.41. The van der Waals surface area contributed by atoms with Crippen molar-refractivity contribution in [3.8, 4) is 11.8 Å². The summed E-state index contributed by atoms with van der Waals surface area (Å²) in [6, 6.07) is 4.58. The second kappa shape index (κ2) is 2.69. The van der Waals surface area contributed by atoms with Gasteiger partial charge in [-0.05, 0) is 12.1 Å². The number of nitrogens with two attached hydrogens (primary N) is 1. The normalized spacial score (nSPS) is 9.09. The van der Waals surface area contributed by atoms with Crippen LogP contribution in [0, 0.1) is 11.3 Å². The third kappa shape index (κ3) is 1.36. The summed E-state index contributed by atoms with van der Waals surface area (Å²) in [5.41, 5.74) is 5.77. The quantitative estimate of drug-likeness (QED) is 0.456. The van der Waals surface area contributed by atoms with Crippen LogP contribution in [0.5, 0.6) is 5.75 Å². The number of nitrogen functional groups attached to an aromatic ring is 1. The van der Waals surface area contributed by atoms with Gasteiger partial charge in [-0.2, -0.15) is 5.26 Å². The number of anilines is 1. The molecule has 0 saturated carbocycles. The molecule has 0 unspecified atom stereocenters. The Morgan fingerprint density at radius 2 is 2.18 bits per heavy atom. The Labute approximate surface area is 68.6 Å². The molecule has 56 valence electrons. The van der Waals surface area contributed by atoms with Gasteiger partial charge < -0.3 is 10.8 Å². The zero-order valence-electron chi connectivity index (χ0n) is 5.50. The molecule has 0 fully saturated rings. The number of hydrogen-bond acceptors (Lipinski definition) is 3. The number of aromatic hydroxyl groups is 1. The van der Waals surface area contributed by atoms with Crippen molar-refractivity contribution in [3.63, 3.8) is 0 Å². The number of nitrogens with zero attached hydrogens (tertiary/aromatic N) is 1. The zero-order chi connectivity index (χ0) is 8.43. The molecule has 11 heavy (non-hydrogen) atoms. The van der Waals surface area contributed by atoms with Crippen LogP contribution in [0.3, 0.4) is 0 Å². The first-order valence-electron chi connectivity index (χ1n) is 2.83. The van der Waals surface area contributed by atoms with Crippen LogP contribution in [0.15, 0.2) is 12.1 Å². The highest BCUT2D eigenvalue weighted by atomic mass is 35.5. The number of nitriles is 1. The molecule has 0 heterocycles. The van der Waals surface area contributed by atoms with Crippen LogP contribution in [0.1, 0.15) is 5.56 Å². The molecule has 0 amide bonds. The summed E-state index contributed by atoms with van der Waals surface area (Å²) >= 11 is 5.52. The van der Waals surface area contributed by atoms with E-state index in [1.165, 1.54) is 12.1 Å². The summed E-state index contributed by atoms with van der Waals surface area (Å²) in [6.45, 7) is 0. The van der Waals surface area contributed by atoms with Crippen molar-refractivity contribution in [2.75, 3.05) is 5.73 Å². The minimum absolute atomic E-state index is 0.0987. The molecule has 0 aromatic heterocycles. The van der Waals surface area contributed by atoms with Gasteiger partial charge in [0.25, 0.3) is 0 Å². The van der Waals surface area contributed by atoms with Crippen LogP contribution in [0.2, 0.25) is 5.02 Å². The van der Waals surface area contributed by atoms with Gasteiger partial charge in [-0.3, -0.25) is 0 Å². The van der Waals surface area contributed by atoms with E-state index in [-0.39, 0.29) is 16.5 Å². The van der Waals surface area contributed by atoms with Gasteiger partial charge in [0.1, 0.15) is 0 Å². The lowest BCUT2D eigenvalue weighted by Crippen LogP contribution is -1.87. The molecule has 1 aromatic carbocycles. The minimum Gasteiger partial charge on any atom is -0.504 e. The van der Waals surface area contributed by atoms with Crippen molar-refractivity contribution >= 4 is 17.3 Å². The Morgan fingerprint density at radius 3 is 2.64 bits per heavy atom. The van der Waals surface area contributed by atoms with Crippen molar-refractivity contribution in [1.29, 1.82) is 5.26 Å². The maximum atomic E-state index is 9.06. The van der Waals surface area contributed by atoms with E-state index < -0.39 is 0 Å². The highest BCUT2D eigenvalue weighted by Crippen LogP contribution is 2.30. The van der Waals surface area contributed by atoms with E-state index in [9.17, 15) is 0 Å². The highest BCUT2D eigenvalue weighted by Gasteiger charge is 2.04. The molecule has 3 N–H and O–H groups in total. The van der Waals surface area contributed by atoms with Crippen LogP contribution in [-0.2, 0) is 0 Å². The Balaban J connectivity index is 3.35. The Bertz CT molecular complexity index is 307. The predicted molar refractivity (Wildman–Crippen MR) is 42.2 cm³/mol. The Hall–Kier alpha value is -1.40. The zero-order valence-corrected chi connectivity index (χ0v) is 6.26. The smallest absolute Gasteiger partial charge is 0.157 e. The van der Waals surface area contributed by atoms with E-state index in [1.54, 1.807) is 0 Å². The molecule has 0 aliphatic rings. The van der Waals surface area contributed by atoms with E-state index in [0.717, 1.165) is 0 Å². The number of rotatable bonds is 0. The summed E-state index contributed by atoms with van der Waals surface area (Å²) in [7, 11) is 0. The number of halogens is 1. The lowest BCUT2D eigenvalue weighted by Gasteiger charge is -2.00. The topological polar surface area (TPSA) is 70.0 Å². The van der Waals surface area contributed by atoms with Gasteiger partial charge in [0.15, 0.2) is 5.75 Å². The molecule has 0 spiro atoms. The Morgan fingerprint density at radius 1 is 1.55 bits per heavy atom. The Kier molecular flexibility index (Phi) is 1.88. The second-order valence-electron chi connectivity index (χ2n) is 2.01. The fraction of sp³-hybridized carbons (Fsp3) is 0. The average Bonchev–Trinajstić information content (AvgIpc) is 1.99. The lowest BCUT2D eigenvalue weighted by atomic mass is 10.2. The van der Waals surface area contributed by atoms with Gasteiger partial charge in [0.05, 0.1) is 22.3 Å². The monoisotopic (exact) mass is 168 g/mol. The van der Waals surface area contributed by atoms with Gasteiger partial charge >= 0.3 is 0 Å². The van der Waals surface area contributed by atoms with Crippen molar-refractivity contribution in [2.24, 2.45) is 0 Å². The maximum Gasteiger partial charge on any atom is 0.157 e. The first kappa shape index (κ1) is 7.70. The van der Waals surface area contributed by atoms with Crippen LogP contribution >= 0.6 is 11.6 Å². The van der Waals surface area contributed by atoms with Crippen molar-refractivity contribution in [2.45, 2.75) is 0 Å². The van der Waals surface area contributed by atoms with Crippen LogP contribution < -0.4 is 5.73 Å². The first-order chi connectivity index (χ1) is 5.15. The molecule has 0 atom stereocenters. The van der Waals surface area contributed by atoms with Crippen LogP contribution in [-0.4, -0.2) is 5.11 Å². The summed E-state index contributed by atoms with van der Waals surface area (Å²) in [6.07, 6.45) is 0. The number of phenolic OH excluding ortho intramolecular Hbond substituents is 1. The predicted octanol–water partition coefficient (Wildman–Crippen LogP) is 1.50. The van der Waals surface area contributed by atoms with Gasteiger partial charge in [0.2, 0.25) is 0 Å². The van der Waals surface area contributed by atoms with E-state index in [0.29, 0.717) is 5.56 Å².